The molecule has 0 aliphatic carbocycles. The summed E-state index contributed by atoms with van der Waals surface area (Å²) in [6.07, 6.45) is 0.842. The number of para-hydroxylation sites is 1. The molecule has 0 saturated carbocycles. The molecule has 0 fully saturated rings. The van der Waals surface area contributed by atoms with E-state index in [0.29, 0.717) is 11.5 Å². The van der Waals surface area contributed by atoms with Crippen molar-refractivity contribution in [3.63, 3.8) is 0 Å². The van der Waals surface area contributed by atoms with Crippen LogP contribution in [-0.2, 0) is 11.2 Å². The summed E-state index contributed by atoms with van der Waals surface area (Å²) in [5.41, 5.74) is 6.60. The van der Waals surface area contributed by atoms with Crippen LogP contribution >= 0.6 is 0 Å². The van der Waals surface area contributed by atoms with E-state index >= 15 is 0 Å². The van der Waals surface area contributed by atoms with Crippen LogP contribution in [0.25, 0.3) is 28.1 Å². The first-order valence-electron chi connectivity index (χ1n) is 11.7. The van der Waals surface area contributed by atoms with Crippen molar-refractivity contribution in [2.75, 3.05) is 21.3 Å². The maximum absolute atomic E-state index is 12.8. The van der Waals surface area contributed by atoms with Gasteiger partial charge in [-0.2, -0.15) is 0 Å². The molecule has 5 heteroatoms. The summed E-state index contributed by atoms with van der Waals surface area (Å²) in [5, 5.41) is 0. The maximum atomic E-state index is 12.8. The normalized spacial score (nSPS) is 10.9. The van der Waals surface area contributed by atoms with E-state index < -0.39 is 0 Å². The number of benzene rings is 3. The van der Waals surface area contributed by atoms with Crippen molar-refractivity contribution in [1.29, 1.82) is 0 Å². The summed E-state index contributed by atoms with van der Waals surface area (Å²) < 4.78 is 18.1. The van der Waals surface area contributed by atoms with Crippen LogP contribution in [0.3, 0.4) is 0 Å². The molecule has 0 radical (unpaired) electrons. The lowest BCUT2D eigenvalue weighted by Crippen LogP contribution is -2.11. The lowest BCUT2D eigenvalue weighted by atomic mass is 10.0. The highest BCUT2D eigenvalue weighted by Crippen LogP contribution is 2.40. The van der Waals surface area contributed by atoms with E-state index in [1.54, 1.807) is 14.2 Å². The lowest BCUT2D eigenvalue weighted by molar-refractivity contribution is 0.0601. The molecule has 5 nitrogen and oxygen atoms in total. The summed E-state index contributed by atoms with van der Waals surface area (Å²) >= 11 is 0. The van der Waals surface area contributed by atoms with Crippen molar-refractivity contribution in [1.82, 2.24) is 4.57 Å². The van der Waals surface area contributed by atoms with Gasteiger partial charge < -0.3 is 18.8 Å². The molecule has 0 saturated heterocycles. The fourth-order valence-electron chi connectivity index (χ4n) is 4.38. The third-order valence-corrected chi connectivity index (χ3v) is 6.01. The van der Waals surface area contributed by atoms with Gasteiger partial charge in [0.05, 0.1) is 38.3 Å². The van der Waals surface area contributed by atoms with Crippen LogP contribution in [0.2, 0.25) is 0 Å². The van der Waals surface area contributed by atoms with Crippen molar-refractivity contribution in [3.05, 3.63) is 90.1 Å². The Morgan fingerprint density at radius 3 is 1.91 bits per heavy atom. The minimum absolute atomic E-state index is 0.364. The molecule has 3 aromatic carbocycles. The van der Waals surface area contributed by atoms with Gasteiger partial charge in [0.15, 0.2) is 0 Å². The average molecular weight is 470 g/mol. The number of methoxy groups -OCH3 is 3. The molecule has 0 N–H and O–H groups in total. The molecule has 4 aromatic rings. The molecule has 0 bridgehead atoms. The predicted octanol–water partition coefficient (Wildman–Crippen LogP) is 6.81. The zero-order valence-electron chi connectivity index (χ0n) is 20.9. The van der Waals surface area contributed by atoms with E-state index in [-0.39, 0.29) is 5.97 Å². The first kappa shape index (κ1) is 24.1. The Morgan fingerprint density at radius 1 is 0.800 bits per heavy atom. The molecular weight excluding hydrogens is 438 g/mol. The Kier molecular flexibility index (Phi) is 7.25. The van der Waals surface area contributed by atoms with E-state index in [4.69, 9.17) is 14.2 Å². The molecule has 1 heterocycles. The second-order valence-electron chi connectivity index (χ2n) is 8.80. The molecule has 1 aromatic heterocycles. The molecule has 35 heavy (non-hydrogen) atoms. The smallest absolute Gasteiger partial charge is 0.339 e. The predicted molar refractivity (Wildman–Crippen MR) is 140 cm³/mol. The maximum Gasteiger partial charge on any atom is 0.339 e. The number of nitrogens with zero attached hydrogens (tertiary/aromatic N) is 1. The van der Waals surface area contributed by atoms with Crippen LogP contribution in [0, 0.1) is 5.92 Å². The number of ether oxygens (including phenoxy) is 3. The minimum Gasteiger partial charge on any atom is -0.497 e. The monoisotopic (exact) mass is 469 g/mol. The quantitative estimate of drug-likeness (QED) is 0.266. The molecule has 0 atom stereocenters. The largest absolute Gasteiger partial charge is 0.497 e. The van der Waals surface area contributed by atoms with Gasteiger partial charge in [-0.25, -0.2) is 4.79 Å². The van der Waals surface area contributed by atoms with Crippen molar-refractivity contribution in [3.8, 4) is 39.6 Å². The topological polar surface area (TPSA) is 49.7 Å². The molecule has 4 rings (SSSR count). The zero-order chi connectivity index (χ0) is 24.9. The Balaban J connectivity index is 2.06. The summed E-state index contributed by atoms with van der Waals surface area (Å²) in [5.74, 6) is 1.64. The van der Waals surface area contributed by atoms with E-state index in [1.165, 1.54) is 7.11 Å². The van der Waals surface area contributed by atoms with Crippen molar-refractivity contribution in [2.45, 2.75) is 20.3 Å². The van der Waals surface area contributed by atoms with Gasteiger partial charge in [-0.05, 0) is 78.1 Å². The average Bonchev–Trinajstić information content (AvgIpc) is 3.26. The van der Waals surface area contributed by atoms with E-state index in [2.05, 4.69) is 48.7 Å². The van der Waals surface area contributed by atoms with Gasteiger partial charge in [-0.3, -0.25) is 0 Å². The molecule has 0 spiro atoms. The van der Waals surface area contributed by atoms with Gasteiger partial charge in [0.25, 0.3) is 0 Å². The van der Waals surface area contributed by atoms with E-state index in [1.807, 2.05) is 48.5 Å². The van der Waals surface area contributed by atoms with Gasteiger partial charge >= 0.3 is 5.97 Å². The van der Waals surface area contributed by atoms with Gasteiger partial charge in [-0.1, -0.05) is 38.1 Å². The number of hydrogen-bond donors (Lipinski definition) is 0. The number of carbonyl (C=O) groups excluding carboxylic acids is 1. The first-order chi connectivity index (χ1) is 17.0. The fraction of sp³-hybridized carbons (Fsp3) is 0.233. The standard InChI is InChI=1S/C30H31NO4/c1-20(2)18-23-19-27(21-10-14-24(33-3)15-11-21)29(22-12-16-25(34-4)17-13-22)31(23)28-9-7-6-8-26(28)30(32)35-5/h6-17,19-20H,18H2,1-5H3. The van der Waals surface area contributed by atoms with Gasteiger partial charge in [0.2, 0.25) is 0 Å². The van der Waals surface area contributed by atoms with E-state index in [9.17, 15) is 4.79 Å². The zero-order valence-corrected chi connectivity index (χ0v) is 20.9. The fourth-order valence-corrected chi connectivity index (χ4v) is 4.38. The molecule has 180 valence electrons. The van der Waals surface area contributed by atoms with Crippen molar-refractivity contribution < 1.29 is 19.0 Å². The second kappa shape index (κ2) is 10.5. The van der Waals surface area contributed by atoms with Crippen LogP contribution in [0.5, 0.6) is 11.5 Å². The molecular formula is C30H31NO4. The number of esters is 1. The number of rotatable bonds is 8. The number of hydrogen-bond acceptors (Lipinski definition) is 4. The summed E-state index contributed by atoms with van der Waals surface area (Å²) in [4.78, 5) is 12.8. The van der Waals surface area contributed by atoms with Gasteiger partial charge in [-0.15, -0.1) is 0 Å². The molecule has 0 unspecified atom stereocenters. The molecule has 0 aliphatic heterocycles. The van der Waals surface area contributed by atoms with Crippen molar-refractivity contribution in [2.24, 2.45) is 5.92 Å². The van der Waals surface area contributed by atoms with Crippen LogP contribution in [-0.4, -0.2) is 31.9 Å². The van der Waals surface area contributed by atoms with Gasteiger partial charge in [0.1, 0.15) is 11.5 Å². The Hall–Kier alpha value is -3.99. The third-order valence-electron chi connectivity index (χ3n) is 6.01. The number of aromatic nitrogens is 1. The Labute approximate surface area is 206 Å². The third kappa shape index (κ3) is 4.94. The van der Waals surface area contributed by atoms with Crippen LogP contribution in [0.15, 0.2) is 78.9 Å². The number of carbonyl (C=O) groups is 1. The van der Waals surface area contributed by atoms with Crippen LogP contribution < -0.4 is 9.47 Å². The molecule has 0 aliphatic rings. The second-order valence-corrected chi connectivity index (χ2v) is 8.80. The lowest BCUT2D eigenvalue weighted by Gasteiger charge is -2.19. The highest BCUT2D eigenvalue weighted by Gasteiger charge is 2.23. The minimum atomic E-state index is -0.364. The molecule has 0 amide bonds. The Bertz CT molecular complexity index is 1300. The van der Waals surface area contributed by atoms with E-state index in [0.717, 1.165) is 51.7 Å². The highest BCUT2D eigenvalue weighted by atomic mass is 16.5. The Morgan fingerprint density at radius 2 is 1.37 bits per heavy atom. The summed E-state index contributed by atoms with van der Waals surface area (Å²) in [6, 6.07) is 25.9. The highest BCUT2D eigenvalue weighted by molar-refractivity contribution is 5.95. The first-order valence-corrected chi connectivity index (χ1v) is 11.7. The van der Waals surface area contributed by atoms with Crippen molar-refractivity contribution >= 4 is 5.97 Å². The van der Waals surface area contributed by atoms with Crippen LogP contribution in [0.4, 0.5) is 0 Å². The summed E-state index contributed by atoms with van der Waals surface area (Å²) in [6.45, 7) is 4.40. The van der Waals surface area contributed by atoms with Gasteiger partial charge in [0, 0.05) is 11.3 Å². The van der Waals surface area contributed by atoms with Crippen LogP contribution in [0.1, 0.15) is 29.9 Å². The SMILES string of the molecule is COC(=O)c1ccccc1-n1c(CC(C)C)cc(-c2ccc(OC)cc2)c1-c1ccc(OC)cc1. The summed E-state index contributed by atoms with van der Waals surface area (Å²) in [7, 11) is 4.74.